The molecule has 2 aliphatic heterocycles. The molecular weight excluding hydrogens is 476 g/mol. The maximum absolute atomic E-state index is 13.9. The monoisotopic (exact) mass is 499 g/mol. The van der Waals surface area contributed by atoms with Gasteiger partial charge in [0.05, 0.1) is 17.9 Å². The topological polar surface area (TPSA) is 74.5 Å². The quantitative estimate of drug-likeness (QED) is 0.489. The van der Waals surface area contributed by atoms with Crippen molar-refractivity contribution in [1.82, 2.24) is 20.1 Å². The lowest BCUT2D eigenvalue weighted by Gasteiger charge is -2.38. The zero-order valence-corrected chi connectivity index (χ0v) is 18.7. The van der Waals surface area contributed by atoms with Gasteiger partial charge in [-0.15, -0.1) is 0 Å². The Labute approximate surface area is 197 Å². The Bertz CT molecular complexity index is 1170. The molecule has 2 aliphatic rings. The molecule has 35 heavy (non-hydrogen) atoms. The van der Waals surface area contributed by atoms with Crippen LogP contribution in [0.2, 0.25) is 0 Å². The van der Waals surface area contributed by atoms with Crippen LogP contribution in [-0.4, -0.2) is 58.7 Å². The average Bonchev–Trinajstić information content (AvgIpc) is 3.17. The molecule has 1 aromatic heterocycles. The molecule has 12 heteroatoms. The van der Waals surface area contributed by atoms with Crippen molar-refractivity contribution in [1.29, 1.82) is 0 Å². The van der Waals surface area contributed by atoms with E-state index in [9.17, 15) is 31.1 Å². The number of carbonyl (C=O) groups excluding carboxylic acids is 1. The minimum Gasteiger partial charge on any atom is -0.356 e. The third-order valence-corrected chi connectivity index (χ3v) is 6.04. The largest absolute Gasteiger partial charge is 0.427 e. The maximum atomic E-state index is 13.9. The number of amides is 1. The van der Waals surface area contributed by atoms with Crippen molar-refractivity contribution < 1.29 is 31.1 Å². The van der Waals surface area contributed by atoms with Gasteiger partial charge in [0.15, 0.2) is 17.8 Å². The fourth-order valence-electron chi connectivity index (χ4n) is 4.37. The normalized spacial score (nSPS) is 19.0. The van der Waals surface area contributed by atoms with Crippen LogP contribution in [0.15, 0.2) is 36.2 Å². The lowest BCUT2D eigenvalue weighted by Crippen LogP contribution is -2.55. The first-order valence-corrected chi connectivity index (χ1v) is 10.9. The second-order valence-corrected chi connectivity index (χ2v) is 8.63. The van der Waals surface area contributed by atoms with Crippen molar-refractivity contribution in [3.05, 3.63) is 70.4 Å². The van der Waals surface area contributed by atoms with Crippen molar-refractivity contribution >= 4 is 11.6 Å². The van der Waals surface area contributed by atoms with Gasteiger partial charge in [0.25, 0.3) is 0 Å². The number of benzene rings is 1. The molecule has 1 fully saturated rings. The van der Waals surface area contributed by atoms with E-state index in [2.05, 4.69) is 10.3 Å². The van der Waals surface area contributed by atoms with Gasteiger partial charge in [-0.05, 0) is 37.1 Å². The van der Waals surface area contributed by atoms with E-state index in [4.69, 9.17) is 5.73 Å². The van der Waals surface area contributed by atoms with Crippen molar-refractivity contribution in [3.63, 3.8) is 0 Å². The van der Waals surface area contributed by atoms with Crippen molar-refractivity contribution in [2.75, 3.05) is 19.6 Å². The third kappa shape index (κ3) is 5.21. The van der Waals surface area contributed by atoms with Gasteiger partial charge in [-0.1, -0.05) is 0 Å². The zero-order chi connectivity index (χ0) is 25.5. The summed E-state index contributed by atoms with van der Waals surface area (Å²) >= 11 is 0. The lowest BCUT2D eigenvalue weighted by molar-refractivity contribution is -0.182. The van der Waals surface area contributed by atoms with E-state index in [1.807, 2.05) is 0 Å². The summed E-state index contributed by atoms with van der Waals surface area (Å²) in [5.74, 6) is -3.97. The molecule has 2 atom stereocenters. The number of halogens is 6. The number of aromatic nitrogens is 1. The van der Waals surface area contributed by atoms with Crippen molar-refractivity contribution in [2.45, 2.75) is 38.1 Å². The summed E-state index contributed by atoms with van der Waals surface area (Å²) in [6, 6.07) is 3.45. The van der Waals surface area contributed by atoms with Crippen LogP contribution in [-0.2, 0) is 11.2 Å². The smallest absolute Gasteiger partial charge is 0.356 e. The van der Waals surface area contributed by atoms with Gasteiger partial charge in [-0.25, -0.2) is 13.2 Å². The number of nitrogens with zero attached hydrogens (tertiary/aromatic N) is 3. The standard InChI is InChI=1S/C23H23F6N5O/c1-12-6-13(2-3-31-12)21-19-11-33(4-5-34(19)22(32-21)23(27,28)29)20(35)9-15(30)7-14-8-17(25)18(26)10-16(14)24/h2-3,6,8,10,15,22,32H,4-5,7,9,11,30H2,1H3. The van der Waals surface area contributed by atoms with E-state index >= 15 is 0 Å². The van der Waals surface area contributed by atoms with Crippen molar-refractivity contribution in [2.24, 2.45) is 5.73 Å². The van der Waals surface area contributed by atoms with E-state index < -0.39 is 41.7 Å². The first kappa shape index (κ1) is 24.8. The second kappa shape index (κ2) is 9.40. The van der Waals surface area contributed by atoms with Gasteiger partial charge in [-0.2, -0.15) is 13.2 Å². The second-order valence-electron chi connectivity index (χ2n) is 8.63. The fourth-order valence-corrected chi connectivity index (χ4v) is 4.37. The first-order valence-electron chi connectivity index (χ1n) is 10.9. The van der Waals surface area contributed by atoms with Gasteiger partial charge in [-0.3, -0.25) is 9.78 Å². The molecule has 0 spiro atoms. The first-order chi connectivity index (χ1) is 16.4. The molecule has 0 aliphatic carbocycles. The SMILES string of the molecule is Cc1cc(C2=C3CN(C(=O)CC(N)Cc4cc(F)c(F)cc4F)CCN3C(C(F)(F)F)N2)ccn1. The number of hydrogen-bond donors (Lipinski definition) is 2. The van der Waals surface area contributed by atoms with Gasteiger partial charge < -0.3 is 20.9 Å². The molecule has 6 nitrogen and oxygen atoms in total. The van der Waals surface area contributed by atoms with Crippen LogP contribution in [0.1, 0.15) is 23.2 Å². The van der Waals surface area contributed by atoms with E-state index in [1.165, 1.54) is 16.0 Å². The molecule has 0 radical (unpaired) electrons. The number of alkyl halides is 3. The van der Waals surface area contributed by atoms with Crippen LogP contribution in [0, 0.1) is 24.4 Å². The molecule has 0 saturated carbocycles. The Balaban J connectivity index is 1.51. The summed E-state index contributed by atoms with van der Waals surface area (Å²) in [6.07, 6.45) is -5.43. The zero-order valence-electron chi connectivity index (χ0n) is 18.7. The number of nitrogens with two attached hydrogens (primary N) is 1. The molecule has 1 aromatic carbocycles. The number of aryl methyl sites for hydroxylation is 1. The Morgan fingerprint density at radius 3 is 2.57 bits per heavy atom. The number of piperazine rings is 1. The summed E-state index contributed by atoms with van der Waals surface area (Å²) in [6.45, 7) is 1.61. The van der Waals surface area contributed by atoms with Gasteiger partial charge >= 0.3 is 6.18 Å². The van der Waals surface area contributed by atoms with Crippen LogP contribution in [0.3, 0.4) is 0 Å². The van der Waals surface area contributed by atoms with Gasteiger partial charge in [0.1, 0.15) is 5.82 Å². The van der Waals surface area contributed by atoms with Gasteiger partial charge in [0, 0.05) is 49.1 Å². The number of hydrogen-bond acceptors (Lipinski definition) is 5. The Hall–Kier alpha value is -3.28. The molecule has 1 amide bonds. The number of nitrogens with one attached hydrogen (secondary N) is 1. The fraction of sp³-hybridized carbons (Fsp3) is 0.391. The van der Waals surface area contributed by atoms with E-state index in [-0.39, 0.29) is 43.7 Å². The van der Waals surface area contributed by atoms with E-state index in [1.54, 1.807) is 19.1 Å². The Morgan fingerprint density at radius 2 is 1.89 bits per heavy atom. The maximum Gasteiger partial charge on any atom is 0.427 e. The Kier molecular flexibility index (Phi) is 6.67. The van der Waals surface area contributed by atoms with Crippen molar-refractivity contribution in [3.8, 4) is 0 Å². The van der Waals surface area contributed by atoms with E-state index in [0.717, 1.165) is 0 Å². The molecule has 2 aromatic rings. The van der Waals surface area contributed by atoms with E-state index in [0.29, 0.717) is 29.1 Å². The predicted molar refractivity (Wildman–Crippen MR) is 115 cm³/mol. The molecule has 1 saturated heterocycles. The lowest BCUT2D eigenvalue weighted by atomic mass is 10.0. The molecule has 3 heterocycles. The molecule has 0 bridgehead atoms. The Morgan fingerprint density at radius 1 is 1.17 bits per heavy atom. The van der Waals surface area contributed by atoms with Crippen LogP contribution in [0.25, 0.3) is 5.70 Å². The molecule has 4 rings (SSSR count). The van der Waals surface area contributed by atoms with Gasteiger partial charge in [0.2, 0.25) is 5.91 Å². The minimum atomic E-state index is -4.54. The summed E-state index contributed by atoms with van der Waals surface area (Å²) in [4.78, 5) is 19.6. The summed E-state index contributed by atoms with van der Waals surface area (Å²) < 4.78 is 81.6. The number of pyridine rings is 1. The number of rotatable bonds is 5. The predicted octanol–water partition coefficient (Wildman–Crippen LogP) is 3.07. The van der Waals surface area contributed by atoms with Crippen LogP contribution >= 0.6 is 0 Å². The molecule has 3 N–H and O–H groups in total. The minimum absolute atomic E-state index is 0.0332. The van der Waals surface area contributed by atoms with Crippen LogP contribution < -0.4 is 11.1 Å². The average molecular weight is 499 g/mol. The molecule has 188 valence electrons. The summed E-state index contributed by atoms with van der Waals surface area (Å²) in [5, 5.41) is 2.55. The highest BCUT2D eigenvalue weighted by Crippen LogP contribution is 2.37. The molecular formula is C23H23F6N5O. The highest BCUT2D eigenvalue weighted by molar-refractivity contribution is 5.78. The van der Waals surface area contributed by atoms with Crippen LogP contribution in [0.4, 0.5) is 26.3 Å². The third-order valence-electron chi connectivity index (χ3n) is 6.04. The number of fused-ring (bicyclic) bond motifs is 1. The summed E-state index contributed by atoms with van der Waals surface area (Å²) in [7, 11) is 0. The highest BCUT2D eigenvalue weighted by atomic mass is 19.4. The molecule has 2 unspecified atom stereocenters. The van der Waals surface area contributed by atoms with Crippen LogP contribution in [0.5, 0.6) is 0 Å². The highest BCUT2D eigenvalue weighted by Gasteiger charge is 2.50. The summed E-state index contributed by atoms with van der Waals surface area (Å²) in [5.41, 5.74) is 7.53. The number of carbonyl (C=O) groups is 1.